The average molecular weight is 521 g/mol. The summed E-state index contributed by atoms with van der Waals surface area (Å²) in [7, 11) is -2.48. The van der Waals surface area contributed by atoms with Gasteiger partial charge < -0.3 is 15.0 Å². The highest BCUT2D eigenvalue weighted by molar-refractivity contribution is 7.92. The molecule has 2 aromatic carbocycles. The van der Waals surface area contributed by atoms with E-state index in [9.17, 15) is 28.1 Å². The minimum atomic E-state index is -4.01. The number of nitro benzene ring substituents is 1. The molecule has 0 saturated heterocycles. The first-order valence-corrected chi connectivity index (χ1v) is 13.2. The normalized spacial score (nSPS) is 11.9. The number of anilines is 1. The van der Waals surface area contributed by atoms with Crippen LogP contribution in [0.2, 0.25) is 0 Å². The van der Waals surface area contributed by atoms with Gasteiger partial charge in [-0.05, 0) is 43.5 Å². The Bertz CT molecular complexity index is 1200. The molecule has 2 amide bonds. The van der Waals surface area contributed by atoms with Crippen LogP contribution < -0.4 is 14.4 Å². The molecule has 1 N–H and O–H groups in total. The van der Waals surface area contributed by atoms with Crippen molar-refractivity contribution in [3.05, 3.63) is 63.7 Å². The van der Waals surface area contributed by atoms with Gasteiger partial charge in [-0.3, -0.25) is 24.0 Å². The third kappa shape index (κ3) is 7.17. The van der Waals surface area contributed by atoms with Crippen LogP contribution in [0.1, 0.15) is 31.4 Å². The number of carbonyl (C=O) groups excluding carboxylic acids is 2. The summed E-state index contributed by atoms with van der Waals surface area (Å²) in [5, 5.41) is 14.0. The van der Waals surface area contributed by atoms with E-state index in [1.165, 1.54) is 24.1 Å². The summed E-state index contributed by atoms with van der Waals surface area (Å²) in [5.41, 5.74) is 0.872. The molecule has 0 spiro atoms. The van der Waals surface area contributed by atoms with Gasteiger partial charge in [0, 0.05) is 25.2 Å². The number of nitro groups is 1. The molecule has 0 fully saturated rings. The van der Waals surface area contributed by atoms with Crippen LogP contribution in [-0.2, 0) is 26.2 Å². The number of sulfonamides is 1. The van der Waals surface area contributed by atoms with Crippen molar-refractivity contribution in [2.45, 2.75) is 39.8 Å². The molecule has 2 aromatic rings. The van der Waals surface area contributed by atoms with Crippen molar-refractivity contribution in [3.63, 3.8) is 0 Å². The van der Waals surface area contributed by atoms with E-state index in [0.717, 1.165) is 16.6 Å². The Morgan fingerprint density at radius 2 is 1.78 bits per heavy atom. The Morgan fingerprint density at radius 1 is 1.14 bits per heavy atom. The maximum atomic E-state index is 13.6. The second kappa shape index (κ2) is 12.3. The summed E-state index contributed by atoms with van der Waals surface area (Å²) in [6, 6.07) is 9.91. The van der Waals surface area contributed by atoms with E-state index >= 15 is 0 Å². The third-order valence-corrected chi connectivity index (χ3v) is 6.73. The standard InChI is InChI=1S/C24H32N4O7S/c1-6-21(24(30)25-7-2)26(15-18-9-12-20(35-4)13-10-18)23(29)16-27(36(5,33)34)22-14-19(28(31)32)11-8-17(22)3/h8-14,21H,6-7,15-16H2,1-5H3,(H,25,30)/t21-/m0/s1. The van der Waals surface area contributed by atoms with Crippen molar-refractivity contribution in [1.29, 1.82) is 0 Å². The largest absolute Gasteiger partial charge is 0.497 e. The first-order valence-electron chi connectivity index (χ1n) is 11.4. The lowest BCUT2D eigenvalue weighted by Gasteiger charge is -2.33. The summed E-state index contributed by atoms with van der Waals surface area (Å²) in [4.78, 5) is 38.4. The number of amides is 2. The van der Waals surface area contributed by atoms with Gasteiger partial charge >= 0.3 is 0 Å². The zero-order chi connectivity index (χ0) is 27.0. The van der Waals surface area contributed by atoms with E-state index in [4.69, 9.17) is 4.74 Å². The SMILES string of the molecule is CCNC(=O)[C@H](CC)N(Cc1ccc(OC)cc1)C(=O)CN(c1cc([N+](=O)[O-])ccc1C)S(C)(=O)=O. The number of rotatable bonds is 12. The van der Waals surface area contributed by atoms with Crippen LogP contribution in [0.5, 0.6) is 5.75 Å². The van der Waals surface area contributed by atoms with E-state index < -0.39 is 33.4 Å². The molecule has 1 atom stereocenters. The van der Waals surface area contributed by atoms with Gasteiger partial charge in [0.05, 0.1) is 24.0 Å². The topological polar surface area (TPSA) is 139 Å². The molecule has 0 aliphatic carbocycles. The van der Waals surface area contributed by atoms with Gasteiger partial charge in [0.1, 0.15) is 18.3 Å². The van der Waals surface area contributed by atoms with Crippen molar-refractivity contribution in [2.75, 3.05) is 30.8 Å². The van der Waals surface area contributed by atoms with Crippen molar-refractivity contribution in [2.24, 2.45) is 0 Å². The van der Waals surface area contributed by atoms with Crippen LogP contribution in [0.4, 0.5) is 11.4 Å². The molecule has 0 aliphatic rings. The maximum absolute atomic E-state index is 13.6. The fourth-order valence-electron chi connectivity index (χ4n) is 3.71. The summed E-state index contributed by atoms with van der Waals surface area (Å²) in [6.07, 6.45) is 1.22. The minimum Gasteiger partial charge on any atom is -0.497 e. The molecular formula is C24H32N4O7S. The number of ether oxygens (including phenoxy) is 1. The van der Waals surface area contributed by atoms with Crippen molar-refractivity contribution >= 4 is 33.2 Å². The minimum absolute atomic E-state index is 0.0236. The number of likely N-dealkylation sites (N-methyl/N-ethyl adjacent to an activating group) is 1. The van der Waals surface area contributed by atoms with Crippen LogP contribution in [0.25, 0.3) is 0 Å². The lowest BCUT2D eigenvalue weighted by atomic mass is 10.1. The highest BCUT2D eigenvalue weighted by atomic mass is 32.2. The molecule has 0 saturated carbocycles. The van der Waals surface area contributed by atoms with Crippen molar-refractivity contribution in [3.8, 4) is 5.75 Å². The monoisotopic (exact) mass is 520 g/mol. The van der Waals surface area contributed by atoms with Gasteiger partial charge in [-0.1, -0.05) is 25.1 Å². The molecule has 0 unspecified atom stereocenters. The number of methoxy groups -OCH3 is 1. The Morgan fingerprint density at radius 3 is 2.28 bits per heavy atom. The molecule has 2 rings (SSSR count). The van der Waals surface area contributed by atoms with Gasteiger partial charge in [0.15, 0.2) is 0 Å². The molecule has 0 aromatic heterocycles. The Labute approximate surface area is 211 Å². The van der Waals surface area contributed by atoms with Gasteiger partial charge in [-0.15, -0.1) is 0 Å². The summed E-state index contributed by atoms with van der Waals surface area (Å²) >= 11 is 0. The summed E-state index contributed by atoms with van der Waals surface area (Å²) < 4.78 is 31.4. The second-order valence-electron chi connectivity index (χ2n) is 8.19. The molecule has 0 bridgehead atoms. The number of hydrogen-bond donors (Lipinski definition) is 1. The molecular weight excluding hydrogens is 488 g/mol. The number of aryl methyl sites for hydroxylation is 1. The maximum Gasteiger partial charge on any atom is 0.271 e. The summed E-state index contributed by atoms with van der Waals surface area (Å²) in [6.45, 7) is 4.89. The highest BCUT2D eigenvalue weighted by Crippen LogP contribution is 2.28. The fraction of sp³-hybridized carbons (Fsp3) is 0.417. The molecule has 0 aliphatic heterocycles. The Kier molecular flexibility index (Phi) is 9.79. The third-order valence-electron chi connectivity index (χ3n) is 5.60. The van der Waals surface area contributed by atoms with E-state index in [2.05, 4.69) is 5.32 Å². The Balaban J connectivity index is 2.51. The number of non-ortho nitro benzene ring substituents is 1. The summed E-state index contributed by atoms with van der Waals surface area (Å²) in [5.74, 6) is -0.364. The highest BCUT2D eigenvalue weighted by Gasteiger charge is 2.32. The average Bonchev–Trinajstić information content (AvgIpc) is 2.82. The molecule has 0 heterocycles. The number of hydrogen-bond acceptors (Lipinski definition) is 7. The predicted molar refractivity (Wildman–Crippen MR) is 136 cm³/mol. The van der Waals surface area contributed by atoms with E-state index in [1.807, 2.05) is 0 Å². The smallest absolute Gasteiger partial charge is 0.271 e. The van der Waals surface area contributed by atoms with Gasteiger partial charge in [0.2, 0.25) is 21.8 Å². The lowest BCUT2D eigenvalue weighted by Crippen LogP contribution is -2.52. The first kappa shape index (κ1) is 28.6. The predicted octanol–water partition coefficient (Wildman–Crippen LogP) is 2.62. The number of nitrogens with one attached hydrogen (secondary N) is 1. The number of carbonyl (C=O) groups is 2. The molecule has 0 radical (unpaired) electrons. The lowest BCUT2D eigenvalue weighted by molar-refractivity contribution is -0.384. The van der Waals surface area contributed by atoms with Gasteiger partial charge in [-0.25, -0.2) is 8.42 Å². The van der Waals surface area contributed by atoms with E-state index in [0.29, 0.717) is 29.8 Å². The van der Waals surface area contributed by atoms with Gasteiger partial charge in [-0.2, -0.15) is 0 Å². The Hall–Kier alpha value is -3.67. The van der Waals surface area contributed by atoms with Gasteiger partial charge in [0.25, 0.3) is 5.69 Å². The number of benzene rings is 2. The van der Waals surface area contributed by atoms with Crippen LogP contribution >= 0.6 is 0 Å². The van der Waals surface area contributed by atoms with Crippen LogP contribution in [-0.4, -0.2) is 62.6 Å². The molecule has 196 valence electrons. The zero-order valence-electron chi connectivity index (χ0n) is 21.1. The zero-order valence-corrected chi connectivity index (χ0v) is 21.9. The molecule has 12 heteroatoms. The quantitative estimate of drug-likeness (QED) is 0.335. The fourth-order valence-corrected chi connectivity index (χ4v) is 4.61. The van der Waals surface area contributed by atoms with Crippen LogP contribution in [0, 0.1) is 17.0 Å². The van der Waals surface area contributed by atoms with Crippen LogP contribution in [0.3, 0.4) is 0 Å². The van der Waals surface area contributed by atoms with Crippen molar-refractivity contribution in [1.82, 2.24) is 10.2 Å². The van der Waals surface area contributed by atoms with Crippen LogP contribution in [0.15, 0.2) is 42.5 Å². The molecule has 36 heavy (non-hydrogen) atoms. The molecule has 11 nitrogen and oxygen atoms in total. The first-order chi connectivity index (χ1) is 16.9. The number of nitrogens with zero attached hydrogens (tertiary/aromatic N) is 3. The second-order valence-corrected chi connectivity index (χ2v) is 10.1. The van der Waals surface area contributed by atoms with E-state index in [-0.39, 0.29) is 23.8 Å². The van der Waals surface area contributed by atoms with Crippen molar-refractivity contribution < 1.29 is 27.7 Å². The van der Waals surface area contributed by atoms with E-state index in [1.54, 1.807) is 45.0 Å².